The van der Waals surface area contributed by atoms with Gasteiger partial charge in [0.15, 0.2) is 5.16 Å². The van der Waals surface area contributed by atoms with Crippen molar-refractivity contribution in [1.82, 2.24) is 14.5 Å². The Morgan fingerprint density at radius 1 is 0.979 bits per heavy atom. The van der Waals surface area contributed by atoms with Gasteiger partial charge in [0.05, 0.1) is 33.6 Å². The van der Waals surface area contributed by atoms with E-state index in [0.29, 0.717) is 43.1 Å². The summed E-state index contributed by atoms with van der Waals surface area (Å²) in [4.78, 5) is 38.1. The second-order valence-corrected chi connectivity index (χ2v) is 14.4. The van der Waals surface area contributed by atoms with Crippen molar-refractivity contribution in [3.8, 4) is 33.1 Å². The van der Waals surface area contributed by atoms with Gasteiger partial charge in [-0.3, -0.25) is 14.2 Å². The molecule has 1 N–H and O–H groups in total. The van der Waals surface area contributed by atoms with Crippen LogP contribution in [-0.4, -0.2) is 32.8 Å². The Balaban J connectivity index is 1.19. The maximum absolute atomic E-state index is 14.4. The molecule has 7 nitrogen and oxygen atoms in total. The molecule has 0 aliphatic rings. The van der Waals surface area contributed by atoms with E-state index in [0.717, 1.165) is 26.4 Å². The van der Waals surface area contributed by atoms with Gasteiger partial charge in [-0.05, 0) is 74.0 Å². The number of hydrogen-bond donors (Lipinski definition) is 1. The minimum atomic E-state index is -0.588. The number of carbonyl (C=O) groups is 1. The smallest absolute Gasteiger partial charge is 0.268 e. The van der Waals surface area contributed by atoms with Gasteiger partial charge in [-0.2, -0.15) is 0 Å². The molecule has 0 spiro atoms. The number of aromatic nitrogens is 3. The number of nitrogens with zero attached hydrogens (tertiary/aromatic N) is 3. The van der Waals surface area contributed by atoms with Crippen LogP contribution in [0.25, 0.3) is 47.8 Å². The van der Waals surface area contributed by atoms with Crippen molar-refractivity contribution in [2.45, 2.75) is 24.3 Å². The Bertz CT molecular complexity index is 2350. The normalized spacial score (nSPS) is 12.0. The van der Waals surface area contributed by atoms with Crippen LogP contribution < -0.4 is 15.6 Å². The van der Waals surface area contributed by atoms with Crippen LogP contribution in [-0.2, 0) is 4.79 Å². The zero-order valence-corrected chi connectivity index (χ0v) is 28.7. The van der Waals surface area contributed by atoms with Gasteiger partial charge in [0.1, 0.15) is 15.6 Å². The summed E-state index contributed by atoms with van der Waals surface area (Å²) >= 11 is 10.8. The Labute approximate surface area is 287 Å². The van der Waals surface area contributed by atoms with E-state index in [-0.39, 0.29) is 11.5 Å². The number of fused-ring (bicyclic) bond motifs is 2. The quantitative estimate of drug-likeness (QED) is 0.126. The number of halogens is 1. The summed E-state index contributed by atoms with van der Waals surface area (Å²) < 4.78 is 8.30. The summed E-state index contributed by atoms with van der Waals surface area (Å²) in [6.45, 7) is 3.87. The molecule has 3 aromatic heterocycles. The minimum absolute atomic E-state index is 0.220. The summed E-state index contributed by atoms with van der Waals surface area (Å²) in [5.74, 6) is 0.287. The molecule has 0 saturated carbocycles. The van der Waals surface area contributed by atoms with E-state index in [1.54, 1.807) is 43.6 Å². The number of benzene rings is 4. The fraction of sp³-hybridized carbons (Fsp3) is 0.111. The van der Waals surface area contributed by atoms with Crippen molar-refractivity contribution in [3.63, 3.8) is 0 Å². The third kappa shape index (κ3) is 6.05. The maximum atomic E-state index is 14.4. The van der Waals surface area contributed by atoms with Crippen LogP contribution in [0.1, 0.15) is 12.5 Å². The maximum Gasteiger partial charge on any atom is 0.268 e. The molecular formula is C36H27ClN4O3S3. The number of carbonyl (C=O) groups excluding carboxylic acids is 1. The van der Waals surface area contributed by atoms with Crippen molar-refractivity contribution in [2.75, 3.05) is 12.4 Å². The first-order chi connectivity index (χ1) is 22.8. The van der Waals surface area contributed by atoms with Crippen molar-refractivity contribution >= 4 is 78.1 Å². The van der Waals surface area contributed by atoms with Crippen LogP contribution in [0.3, 0.4) is 0 Å². The second-order valence-electron chi connectivity index (χ2n) is 10.8. The molecule has 11 heteroatoms. The zero-order valence-electron chi connectivity index (χ0n) is 25.5. The van der Waals surface area contributed by atoms with Crippen molar-refractivity contribution in [3.05, 3.63) is 117 Å². The number of thiazole rings is 1. The highest BCUT2D eigenvalue weighted by atomic mass is 35.5. The van der Waals surface area contributed by atoms with Gasteiger partial charge in [-0.25, -0.2) is 9.97 Å². The number of methoxy groups -OCH3 is 1. The number of hydrogen-bond acceptors (Lipinski definition) is 8. The molecule has 3 heterocycles. The molecule has 0 bridgehead atoms. The number of thioether (sulfide) groups is 1. The second kappa shape index (κ2) is 13.0. The van der Waals surface area contributed by atoms with Gasteiger partial charge in [0.25, 0.3) is 5.56 Å². The summed E-state index contributed by atoms with van der Waals surface area (Å²) in [5, 5.41) is 6.63. The molecule has 0 aliphatic heterocycles. The van der Waals surface area contributed by atoms with Crippen molar-refractivity contribution < 1.29 is 9.53 Å². The van der Waals surface area contributed by atoms with Gasteiger partial charge in [0, 0.05) is 32.8 Å². The van der Waals surface area contributed by atoms with E-state index in [9.17, 15) is 9.59 Å². The number of aryl methyl sites for hydroxylation is 1. The molecule has 234 valence electrons. The summed E-state index contributed by atoms with van der Waals surface area (Å²) in [7, 11) is 1.56. The fourth-order valence-electron chi connectivity index (χ4n) is 5.26. The number of para-hydroxylation sites is 2. The molecule has 7 aromatic rings. The molecule has 47 heavy (non-hydrogen) atoms. The van der Waals surface area contributed by atoms with Crippen LogP contribution in [0.5, 0.6) is 5.75 Å². The van der Waals surface area contributed by atoms with E-state index in [1.165, 1.54) is 33.2 Å². The van der Waals surface area contributed by atoms with Crippen molar-refractivity contribution in [2.24, 2.45) is 0 Å². The first kappa shape index (κ1) is 31.1. The number of rotatable bonds is 8. The Morgan fingerprint density at radius 2 is 1.74 bits per heavy atom. The number of nitrogens with one attached hydrogen (secondary N) is 1. The molecule has 1 unspecified atom stereocenters. The van der Waals surface area contributed by atoms with Crippen LogP contribution in [0.4, 0.5) is 5.69 Å². The minimum Gasteiger partial charge on any atom is -0.495 e. The average molecular weight is 695 g/mol. The molecule has 1 atom stereocenters. The SMILES string of the molecule is COc1ccccc1-n1c(SC(C)C(=O)Nc2ccc(-c3nc4ccc(C)cc4s3)cc2)nc2scc(-c3ccccc3Cl)c2c1=O. The largest absolute Gasteiger partial charge is 0.495 e. The predicted molar refractivity (Wildman–Crippen MR) is 196 cm³/mol. The standard InChI is InChI=1S/C36H27ClN4O3S3/c1-20-12-17-27-30(18-20)47-33(39-27)22-13-15-23(16-14-22)38-32(42)21(2)46-36-40-34-31(25(19-45-34)24-8-4-5-9-26(24)37)35(43)41(36)28-10-6-7-11-29(28)44-3/h4-19,21H,1-3H3,(H,38,42). The van der Waals surface area contributed by atoms with Crippen LogP contribution in [0.2, 0.25) is 5.02 Å². The zero-order chi connectivity index (χ0) is 32.7. The topological polar surface area (TPSA) is 86.1 Å². The predicted octanol–water partition coefficient (Wildman–Crippen LogP) is 9.48. The molecule has 4 aromatic carbocycles. The monoisotopic (exact) mass is 694 g/mol. The third-order valence-electron chi connectivity index (χ3n) is 7.66. The molecule has 0 saturated heterocycles. The molecule has 0 aliphatic carbocycles. The number of ether oxygens (including phenoxy) is 1. The average Bonchev–Trinajstić information content (AvgIpc) is 3.70. The van der Waals surface area contributed by atoms with Crippen LogP contribution >= 0.6 is 46.0 Å². The Morgan fingerprint density at radius 3 is 2.53 bits per heavy atom. The first-order valence-corrected chi connectivity index (χ1v) is 17.6. The highest BCUT2D eigenvalue weighted by molar-refractivity contribution is 8.00. The summed E-state index contributed by atoms with van der Waals surface area (Å²) in [6, 6.07) is 28.6. The lowest BCUT2D eigenvalue weighted by molar-refractivity contribution is -0.115. The van der Waals surface area contributed by atoms with Gasteiger partial charge >= 0.3 is 0 Å². The summed E-state index contributed by atoms with van der Waals surface area (Å²) in [6.07, 6.45) is 0. The van der Waals surface area contributed by atoms with Gasteiger partial charge in [0.2, 0.25) is 5.91 Å². The highest BCUT2D eigenvalue weighted by Crippen LogP contribution is 2.38. The van der Waals surface area contributed by atoms with Crippen molar-refractivity contribution in [1.29, 1.82) is 0 Å². The molecule has 1 amide bonds. The van der Waals surface area contributed by atoms with Crippen LogP contribution in [0.15, 0.2) is 106 Å². The summed E-state index contributed by atoms with van der Waals surface area (Å²) in [5.41, 5.74) is 5.54. The first-order valence-electron chi connectivity index (χ1n) is 14.7. The fourth-order valence-corrected chi connectivity index (χ4v) is 8.47. The molecule has 0 fully saturated rings. The van der Waals surface area contributed by atoms with Crippen LogP contribution in [0, 0.1) is 6.92 Å². The Hall–Kier alpha value is -4.48. The molecule has 7 rings (SSSR count). The number of thiophene rings is 1. The lowest BCUT2D eigenvalue weighted by Gasteiger charge is -2.18. The van der Waals surface area contributed by atoms with E-state index in [2.05, 4.69) is 24.4 Å². The number of anilines is 1. The third-order valence-corrected chi connectivity index (χ3v) is 11.0. The van der Waals surface area contributed by atoms with E-state index in [1.807, 2.05) is 66.0 Å². The van der Waals surface area contributed by atoms with Gasteiger partial charge < -0.3 is 10.1 Å². The van der Waals surface area contributed by atoms with E-state index >= 15 is 0 Å². The van der Waals surface area contributed by atoms with Gasteiger partial charge in [-0.1, -0.05) is 59.8 Å². The van der Waals surface area contributed by atoms with Gasteiger partial charge in [-0.15, -0.1) is 22.7 Å². The Kier molecular flexibility index (Phi) is 8.59. The lowest BCUT2D eigenvalue weighted by Crippen LogP contribution is -2.26. The molecule has 0 radical (unpaired) electrons. The van der Waals surface area contributed by atoms with E-state index in [4.69, 9.17) is 26.3 Å². The molecular weight excluding hydrogens is 668 g/mol. The number of amides is 1. The highest BCUT2D eigenvalue weighted by Gasteiger charge is 2.24. The van der Waals surface area contributed by atoms with E-state index < -0.39 is 5.25 Å². The lowest BCUT2D eigenvalue weighted by atomic mass is 10.1.